The summed E-state index contributed by atoms with van der Waals surface area (Å²) in [4.78, 5) is 11.4. The fourth-order valence-corrected chi connectivity index (χ4v) is 1.94. The maximum Gasteiger partial charge on any atom is 0.265 e. The molecule has 4 heteroatoms. The van der Waals surface area contributed by atoms with Crippen molar-refractivity contribution in [2.24, 2.45) is 5.73 Å². The molecule has 1 aliphatic rings. The normalized spacial score (nSPS) is 20.2. The van der Waals surface area contributed by atoms with Gasteiger partial charge in [-0.25, -0.2) is 0 Å². The predicted octanol–water partition coefficient (Wildman–Crippen LogP) is 1.86. The van der Waals surface area contributed by atoms with Gasteiger partial charge in [0.05, 0.1) is 5.69 Å². The van der Waals surface area contributed by atoms with E-state index in [-0.39, 0.29) is 5.91 Å². The highest BCUT2D eigenvalue weighted by atomic mass is 16.5. The molecule has 17 heavy (non-hydrogen) atoms. The van der Waals surface area contributed by atoms with Gasteiger partial charge in [0.15, 0.2) is 6.10 Å². The maximum atomic E-state index is 11.4. The van der Waals surface area contributed by atoms with Gasteiger partial charge in [-0.2, -0.15) is 0 Å². The number of amides is 1. The Kier molecular flexibility index (Phi) is 3.33. The molecule has 1 amide bonds. The Labute approximate surface area is 101 Å². The molecular weight excluding hydrogens is 216 g/mol. The van der Waals surface area contributed by atoms with Crippen molar-refractivity contribution in [3.8, 4) is 5.75 Å². The second-order valence-corrected chi connectivity index (χ2v) is 4.48. The molecule has 1 aromatic rings. The van der Waals surface area contributed by atoms with E-state index in [4.69, 9.17) is 10.5 Å². The van der Waals surface area contributed by atoms with E-state index >= 15 is 0 Å². The van der Waals surface area contributed by atoms with Gasteiger partial charge in [-0.15, -0.1) is 0 Å². The summed E-state index contributed by atoms with van der Waals surface area (Å²) in [6.07, 6.45) is 0.517. The zero-order valence-electron chi connectivity index (χ0n) is 10.2. The molecule has 4 nitrogen and oxygen atoms in total. The van der Waals surface area contributed by atoms with Gasteiger partial charge in [-0.1, -0.05) is 13.0 Å². The van der Waals surface area contributed by atoms with Crippen LogP contribution in [0.2, 0.25) is 0 Å². The number of nitrogens with one attached hydrogen (secondary N) is 1. The lowest BCUT2D eigenvalue weighted by atomic mass is 9.97. The van der Waals surface area contributed by atoms with E-state index in [1.165, 1.54) is 5.56 Å². The summed E-state index contributed by atoms with van der Waals surface area (Å²) in [5.41, 5.74) is 7.50. The average molecular weight is 234 g/mol. The number of rotatable bonds is 3. The number of anilines is 1. The first kappa shape index (κ1) is 11.9. The Morgan fingerprint density at radius 2 is 2.29 bits per heavy atom. The van der Waals surface area contributed by atoms with Crippen LogP contribution in [0.3, 0.4) is 0 Å². The molecule has 1 heterocycles. The minimum Gasteiger partial charge on any atom is -0.479 e. The monoisotopic (exact) mass is 234 g/mol. The summed E-state index contributed by atoms with van der Waals surface area (Å²) >= 11 is 0. The standard InChI is InChI=1S/C13H18N2O2/c1-8(5-6-14)10-3-4-11-12(7-10)17-9(2)13(16)15-11/h3-4,7-9H,5-6,14H2,1-2H3,(H,15,16). The highest BCUT2D eigenvalue weighted by Crippen LogP contribution is 2.33. The molecule has 3 N–H and O–H groups in total. The summed E-state index contributed by atoms with van der Waals surface area (Å²) in [7, 11) is 0. The van der Waals surface area contributed by atoms with Crippen molar-refractivity contribution in [2.75, 3.05) is 11.9 Å². The molecule has 0 saturated heterocycles. The number of hydrogen-bond acceptors (Lipinski definition) is 3. The van der Waals surface area contributed by atoms with Crippen LogP contribution in [0, 0.1) is 0 Å². The van der Waals surface area contributed by atoms with Crippen molar-refractivity contribution >= 4 is 11.6 Å². The zero-order valence-corrected chi connectivity index (χ0v) is 10.2. The van der Waals surface area contributed by atoms with Gasteiger partial charge in [0.1, 0.15) is 5.75 Å². The summed E-state index contributed by atoms with van der Waals surface area (Å²) in [5, 5.41) is 2.82. The van der Waals surface area contributed by atoms with Crippen LogP contribution in [-0.2, 0) is 4.79 Å². The molecule has 0 aromatic heterocycles. The second-order valence-electron chi connectivity index (χ2n) is 4.48. The number of carbonyl (C=O) groups excluding carboxylic acids is 1. The number of carbonyl (C=O) groups is 1. The topological polar surface area (TPSA) is 64.3 Å². The van der Waals surface area contributed by atoms with Gasteiger partial charge in [-0.3, -0.25) is 4.79 Å². The summed E-state index contributed by atoms with van der Waals surface area (Å²) < 4.78 is 5.57. The second kappa shape index (κ2) is 4.75. The minimum atomic E-state index is -0.428. The van der Waals surface area contributed by atoms with Crippen LogP contribution in [-0.4, -0.2) is 18.6 Å². The molecule has 0 spiro atoms. The third-order valence-electron chi connectivity index (χ3n) is 3.11. The van der Waals surface area contributed by atoms with Crippen molar-refractivity contribution in [3.63, 3.8) is 0 Å². The van der Waals surface area contributed by atoms with Gasteiger partial charge in [0.2, 0.25) is 0 Å². The molecule has 0 bridgehead atoms. The predicted molar refractivity (Wildman–Crippen MR) is 67.2 cm³/mol. The molecular formula is C13H18N2O2. The summed E-state index contributed by atoms with van der Waals surface area (Å²) in [6, 6.07) is 5.89. The Hall–Kier alpha value is -1.55. The lowest BCUT2D eigenvalue weighted by molar-refractivity contribution is -0.122. The van der Waals surface area contributed by atoms with Crippen LogP contribution < -0.4 is 15.8 Å². The third-order valence-corrected chi connectivity index (χ3v) is 3.11. The maximum absolute atomic E-state index is 11.4. The Morgan fingerprint density at radius 3 is 3.00 bits per heavy atom. The highest BCUT2D eigenvalue weighted by molar-refractivity contribution is 5.97. The van der Waals surface area contributed by atoms with Gasteiger partial charge in [-0.05, 0) is 43.5 Å². The lowest BCUT2D eigenvalue weighted by Gasteiger charge is -2.24. The molecule has 92 valence electrons. The van der Waals surface area contributed by atoms with Crippen LogP contribution in [0.1, 0.15) is 31.7 Å². The molecule has 2 atom stereocenters. The van der Waals surface area contributed by atoms with Gasteiger partial charge in [0.25, 0.3) is 5.91 Å². The van der Waals surface area contributed by atoms with E-state index in [9.17, 15) is 4.79 Å². The molecule has 0 radical (unpaired) electrons. The number of ether oxygens (including phenoxy) is 1. The van der Waals surface area contributed by atoms with Crippen molar-refractivity contribution in [1.82, 2.24) is 0 Å². The smallest absolute Gasteiger partial charge is 0.265 e. The molecule has 1 aromatic carbocycles. The highest BCUT2D eigenvalue weighted by Gasteiger charge is 2.23. The van der Waals surface area contributed by atoms with Crippen molar-refractivity contribution in [2.45, 2.75) is 32.3 Å². The van der Waals surface area contributed by atoms with Crippen LogP contribution in [0.4, 0.5) is 5.69 Å². The quantitative estimate of drug-likeness (QED) is 0.839. The first-order valence-corrected chi connectivity index (χ1v) is 5.93. The Bertz CT molecular complexity index is 431. The first-order chi connectivity index (χ1) is 8.11. The van der Waals surface area contributed by atoms with E-state index in [1.807, 2.05) is 18.2 Å². The van der Waals surface area contributed by atoms with Gasteiger partial charge in [0, 0.05) is 0 Å². The van der Waals surface area contributed by atoms with E-state index in [2.05, 4.69) is 12.2 Å². The van der Waals surface area contributed by atoms with Crippen LogP contribution in [0.5, 0.6) is 5.75 Å². The van der Waals surface area contributed by atoms with Gasteiger partial charge >= 0.3 is 0 Å². The number of hydrogen-bond donors (Lipinski definition) is 2. The Morgan fingerprint density at radius 1 is 1.53 bits per heavy atom. The minimum absolute atomic E-state index is 0.0970. The average Bonchev–Trinajstić information content (AvgIpc) is 2.30. The molecule has 0 saturated carbocycles. The van der Waals surface area contributed by atoms with E-state index in [1.54, 1.807) is 6.92 Å². The molecule has 2 unspecified atom stereocenters. The van der Waals surface area contributed by atoms with Crippen LogP contribution in [0.15, 0.2) is 18.2 Å². The molecule has 0 fully saturated rings. The van der Waals surface area contributed by atoms with E-state index in [0.29, 0.717) is 12.5 Å². The molecule has 1 aliphatic heterocycles. The summed E-state index contributed by atoms with van der Waals surface area (Å²) in [6.45, 7) is 4.56. The lowest BCUT2D eigenvalue weighted by Crippen LogP contribution is -2.34. The van der Waals surface area contributed by atoms with Crippen LogP contribution in [0.25, 0.3) is 0 Å². The van der Waals surface area contributed by atoms with Crippen molar-refractivity contribution < 1.29 is 9.53 Å². The van der Waals surface area contributed by atoms with Crippen LogP contribution >= 0.6 is 0 Å². The van der Waals surface area contributed by atoms with Crippen molar-refractivity contribution in [1.29, 1.82) is 0 Å². The first-order valence-electron chi connectivity index (χ1n) is 5.93. The third kappa shape index (κ3) is 2.42. The van der Waals surface area contributed by atoms with E-state index in [0.717, 1.165) is 17.9 Å². The summed E-state index contributed by atoms with van der Waals surface area (Å²) in [5.74, 6) is 1.06. The van der Waals surface area contributed by atoms with Crippen molar-refractivity contribution in [3.05, 3.63) is 23.8 Å². The number of fused-ring (bicyclic) bond motifs is 1. The van der Waals surface area contributed by atoms with E-state index < -0.39 is 6.10 Å². The number of benzene rings is 1. The Balaban J connectivity index is 2.25. The fourth-order valence-electron chi connectivity index (χ4n) is 1.94. The zero-order chi connectivity index (χ0) is 12.4. The molecule has 2 rings (SSSR count). The van der Waals surface area contributed by atoms with Gasteiger partial charge < -0.3 is 15.8 Å². The number of nitrogens with two attached hydrogens (primary N) is 1. The largest absolute Gasteiger partial charge is 0.479 e. The molecule has 0 aliphatic carbocycles. The SMILES string of the molecule is CC1Oc2cc(C(C)CCN)ccc2NC1=O. The fraction of sp³-hybridized carbons (Fsp3) is 0.462.